The van der Waals surface area contributed by atoms with Crippen molar-refractivity contribution in [3.8, 4) is 0 Å². The third kappa shape index (κ3) is 3.97. The van der Waals surface area contributed by atoms with Crippen molar-refractivity contribution in [3.05, 3.63) is 0 Å². The summed E-state index contributed by atoms with van der Waals surface area (Å²) in [5.41, 5.74) is 5.54. The second-order valence-electron chi connectivity index (χ2n) is 6.30. The third-order valence-electron chi connectivity index (χ3n) is 5.00. The van der Waals surface area contributed by atoms with Gasteiger partial charge in [0, 0.05) is 31.7 Å². The monoisotopic (exact) mass is 319 g/mol. The quantitative estimate of drug-likeness (QED) is 0.746. The summed E-state index contributed by atoms with van der Waals surface area (Å²) in [4.78, 5) is 0. The Labute approximate surface area is 131 Å². The largest absolute Gasteiger partial charge is 0.329 e. The van der Waals surface area contributed by atoms with Crippen molar-refractivity contribution >= 4 is 10.2 Å². The minimum Gasteiger partial charge on any atom is -0.329 e. The molecular formula is C15H33N3O2S. The first-order chi connectivity index (χ1) is 9.87. The predicted molar refractivity (Wildman–Crippen MR) is 88.3 cm³/mol. The molecule has 0 bridgehead atoms. The lowest BCUT2D eigenvalue weighted by atomic mass is 9.93. The standard InChI is InChI=1S/C15H33N3O2S/c1-5-10-18(15(6-2,7-3)13-16)21(19,20)17-11-8-14(4)9-12-17/h14H,5-13,16H2,1-4H3. The Hall–Kier alpha value is -0.170. The minimum atomic E-state index is -3.42. The zero-order valence-corrected chi connectivity index (χ0v) is 15.0. The SMILES string of the molecule is CCCN(C(CC)(CC)CN)S(=O)(=O)N1CCC(C)CC1. The number of nitrogens with zero attached hydrogens (tertiary/aromatic N) is 2. The molecule has 0 aliphatic carbocycles. The Balaban J connectivity index is 3.07. The van der Waals surface area contributed by atoms with E-state index >= 15 is 0 Å². The van der Waals surface area contributed by atoms with Crippen LogP contribution in [-0.2, 0) is 10.2 Å². The molecule has 1 saturated heterocycles. The van der Waals surface area contributed by atoms with Crippen LogP contribution in [0.4, 0.5) is 0 Å². The fourth-order valence-corrected chi connectivity index (χ4v) is 5.34. The van der Waals surface area contributed by atoms with E-state index in [-0.39, 0.29) is 0 Å². The highest BCUT2D eigenvalue weighted by Crippen LogP contribution is 2.30. The molecule has 1 fully saturated rings. The molecule has 0 saturated carbocycles. The smallest absolute Gasteiger partial charge is 0.282 e. The van der Waals surface area contributed by atoms with Crippen LogP contribution < -0.4 is 5.73 Å². The van der Waals surface area contributed by atoms with E-state index in [1.165, 1.54) is 0 Å². The maximum absolute atomic E-state index is 13.1. The van der Waals surface area contributed by atoms with Crippen LogP contribution in [0.3, 0.4) is 0 Å². The van der Waals surface area contributed by atoms with E-state index < -0.39 is 15.7 Å². The van der Waals surface area contributed by atoms with Gasteiger partial charge in [-0.25, -0.2) is 0 Å². The summed E-state index contributed by atoms with van der Waals surface area (Å²) < 4.78 is 29.6. The van der Waals surface area contributed by atoms with Crippen LogP contribution in [0.1, 0.15) is 59.8 Å². The van der Waals surface area contributed by atoms with Crippen molar-refractivity contribution < 1.29 is 8.42 Å². The zero-order valence-electron chi connectivity index (χ0n) is 14.1. The van der Waals surface area contributed by atoms with Crippen LogP contribution in [0.2, 0.25) is 0 Å². The number of hydrogen-bond acceptors (Lipinski definition) is 3. The van der Waals surface area contributed by atoms with E-state index in [9.17, 15) is 8.42 Å². The molecule has 21 heavy (non-hydrogen) atoms. The first-order valence-electron chi connectivity index (χ1n) is 8.35. The molecule has 0 atom stereocenters. The molecular weight excluding hydrogens is 286 g/mol. The van der Waals surface area contributed by atoms with Crippen LogP contribution in [0.5, 0.6) is 0 Å². The fourth-order valence-electron chi connectivity index (χ4n) is 3.15. The van der Waals surface area contributed by atoms with Gasteiger partial charge in [0.15, 0.2) is 0 Å². The summed E-state index contributed by atoms with van der Waals surface area (Å²) >= 11 is 0. The maximum atomic E-state index is 13.1. The molecule has 1 heterocycles. The molecule has 0 aromatic carbocycles. The summed E-state index contributed by atoms with van der Waals surface area (Å²) in [6, 6.07) is 0. The molecule has 1 aliphatic heterocycles. The van der Waals surface area contributed by atoms with Crippen LogP contribution >= 0.6 is 0 Å². The van der Waals surface area contributed by atoms with E-state index in [0.717, 1.165) is 32.1 Å². The predicted octanol–water partition coefficient (Wildman–Crippen LogP) is 2.19. The zero-order chi connectivity index (χ0) is 16.1. The maximum Gasteiger partial charge on any atom is 0.282 e. The summed E-state index contributed by atoms with van der Waals surface area (Å²) in [5, 5.41) is 0. The molecule has 0 radical (unpaired) electrons. The van der Waals surface area contributed by atoms with Gasteiger partial charge < -0.3 is 5.73 Å². The molecule has 126 valence electrons. The lowest BCUT2D eigenvalue weighted by molar-refractivity contribution is 0.158. The normalized spacial score (nSPS) is 19.3. The van der Waals surface area contributed by atoms with Crippen molar-refractivity contribution in [2.75, 3.05) is 26.2 Å². The Morgan fingerprint density at radius 2 is 1.71 bits per heavy atom. The van der Waals surface area contributed by atoms with Gasteiger partial charge in [0.05, 0.1) is 0 Å². The van der Waals surface area contributed by atoms with Crippen molar-refractivity contribution in [2.24, 2.45) is 11.7 Å². The number of hydrogen-bond donors (Lipinski definition) is 1. The minimum absolute atomic E-state index is 0.378. The van der Waals surface area contributed by atoms with E-state index in [1.54, 1.807) is 8.61 Å². The molecule has 1 rings (SSSR count). The van der Waals surface area contributed by atoms with Crippen molar-refractivity contribution in [3.63, 3.8) is 0 Å². The van der Waals surface area contributed by atoms with Gasteiger partial charge in [-0.15, -0.1) is 0 Å². The van der Waals surface area contributed by atoms with E-state index in [1.807, 2.05) is 20.8 Å². The molecule has 1 aliphatic rings. The van der Waals surface area contributed by atoms with E-state index in [2.05, 4.69) is 6.92 Å². The van der Waals surface area contributed by atoms with Gasteiger partial charge in [0.25, 0.3) is 10.2 Å². The molecule has 2 N–H and O–H groups in total. The Morgan fingerprint density at radius 3 is 2.10 bits per heavy atom. The van der Waals surface area contributed by atoms with E-state index in [4.69, 9.17) is 5.73 Å². The number of nitrogens with two attached hydrogens (primary N) is 1. The van der Waals surface area contributed by atoms with Crippen molar-refractivity contribution in [1.82, 2.24) is 8.61 Å². The average molecular weight is 320 g/mol. The highest BCUT2D eigenvalue weighted by atomic mass is 32.2. The summed E-state index contributed by atoms with van der Waals surface area (Å²) in [6.07, 6.45) is 4.22. The van der Waals surface area contributed by atoms with Gasteiger partial charge in [-0.05, 0) is 38.0 Å². The molecule has 0 amide bonds. The summed E-state index contributed by atoms with van der Waals surface area (Å²) in [5.74, 6) is 0.618. The van der Waals surface area contributed by atoms with Crippen LogP contribution in [0.25, 0.3) is 0 Å². The van der Waals surface area contributed by atoms with Gasteiger partial charge >= 0.3 is 0 Å². The first kappa shape index (κ1) is 18.9. The third-order valence-corrected chi connectivity index (χ3v) is 7.14. The van der Waals surface area contributed by atoms with Gasteiger partial charge in [-0.2, -0.15) is 17.0 Å². The topological polar surface area (TPSA) is 66.6 Å². The van der Waals surface area contributed by atoms with Crippen LogP contribution in [-0.4, -0.2) is 48.7 Å². The molecule has 0 spiro atoms. The molecule has 0 unspecified atom stereocenters. The highest BCUT2D eigenvalue weighted by molar-refractivity contribution is 7.86. The summed E-state index contributed by atoms with van der Waals surface area (Å²) in [7, 11) is -3.42. The lowest BCUT2D eigenvalue weighted by Gasteiger charge is -2.44. The van der Waals surface area contributed by atoms with Crippen LogP contribution in [0.15, 0.2) is 0 Å². The summed E-state index contributed by atoms with van der Waals surface area (Å²) in [6.45, 7) is 10.5. The van der Waals surface area contributed by atoms with Gasteiger partial charge in [0.2, 0.25) is 0 Å². The van der Waals surface area contributed by atoms with Crippen LogP contribution in [0, 0.1) is 5.92 Å². The van der Waals surface area contributed by atoms with Crippen molar-refractivity contribution in [1.29, 1.82) is 0 Å². The average Bonchev–Trinajstić information content (AvgIpc) is 2.49. The number of rotatable bonds is 8. The Morgan fingerprint density at radius 1 is 1.19 bits per heavy atom. The van der Waals surface area contributed by atoms with Gasteiger partial charge in [0.1, 0.15) is 0 Å². The second kappa shape index (κ2) is 7.90. The molecule has 0 aromatic heterocycles. The Bertz CT molecular complexity index is 391. The fraction of sp³-hybridized carbons (Fsp3) is 1.00. The lowest BCUT2D eigenvalue weighted by Crippen LogP contribution is -2.60. The van der Waals surface area contributed by atoms with E-state index in [0.29, 0.717) is 32.1 Å². The van der Waals surface area contributed by atoms with Gasteiger partial charge in [-0.1, -0.05) is 27.7 Å². The van der Waals surface area contributed by atoms with Gasteiger partial charge in [-0.3, -0.25) is 0 Å². The highest BCUT2D eigenvalue weighted by Gasteiger charge is 2.42. The number of piperidine rings is 1. The molecule has 5 nitrogen and oxygen atoms in total. The first-order valence-corrected chi connectivity index (χ1v) is 9.75. The molecule has 6 heteroatoms. The van der Waals surface area contributed by atoms with Crippen molar-refractivity contribution in [2.45, 2.75) is 65.3 Å². The Kier molecular flexibility index (Phi) is 7.10. The molecule has 0 aromatic rings. The second-order valence-corrected chi connectivity index (χ2v) is 8.15.